The molecule has 0 saturated carbocycles. The highest BCUT2D eigenvalue weighted by molar-refractivity contribution is 7.09. The smallest absolute Gasteiger partial charge is 0.0897 e. The van der Waals surface area contributed by atoms with Crippen LogP contribution in [0.15, 0.2) is 5.38 Å². The predicted octanol–water partition coefficient (Wildman–Crippen LogP) is 0.998. The fraction of sp³-hybridized carbons (Fsp3) is 0.750. The first-order valence-corrected chi connectivity index (χ1v) is 7.13. The fourth-order valence-electron chi connectivity index (χ4n) is 2.31. The van der Waals surface area contributed by atoms with Crippen molar-refractivity contribution in [2.75, 3.05) is 26.2 Å². The molecule has 1 aliphatic heterocycles. The molecular formula is C12H21N3OS. The van der Waals surface area contributed by atoms with Crippen molar-refractivity contribution >= 4 is 11.3 Å². The van der Waals surface area contributed by atoms with Gasteiger partial charge in [-0.15, -0.1) is 11.3 Å². The first-order chi connectivity index (χ1) is 8.28. The minimum atomic E-state index is 0.218. The van der Waals surface area contributed by atoms with E-state index in [0.717, 1.165) is 36.9 Å². The molecule has 4 nitrogen and oxygen atoms in total. The van der Waals surface area contributed by atoms with Crippen molar-refractivity contribution in [2.45, 2.75) is 32.4 Å². The number of aliphatic hydroxyl groups excluding tert-OH is 1. The highest BCUT2D eigenvalue weighted by Gasteiger charge is 2.18. The molecule has 0 aliphatic carbocycles. The van der Waals surface area contributed by atoms with Gasteiger partial charge < -0.3 is 10.4 Å². The number of hydrogen-bond acceptors (Lipinski definition) is 5. The van der Waals surface area contributed by atoms with E-state index in [-0.39, 0.29) is 6.61 Å². The number of thiazole rings is 1. The molecule has 0 spiro atoms. The van der Waals surface area contributed by atoms with Crippen LogP contribution in [0.5, 0.6) is 0 Å². The van der Waals surface area contributed by atoms with Gasteiger partial charge in [-0.2, -0.15) is 0 Å². The number of nitrogens with zero attached hydrogens (tertiary/aromatic N) is 2. The molecule has 1 aromatic heterocycles. The molecule has 1 fully saturated rings. The van der Waals surface area contributed by atoms with Crippen LogP contribution in [-0.2, 0) is 6.54 Å². The lowest BCUT2D eigenvalue weighted by Crippen LogP contribution is -2.38. The summed E-state index contributed by atoms with van der Waals surface area (Å²) in [5.41, 5.74) is 1.12. The van der Waals surface area contributed by atoms with Crippen molar-refractivity contribution in [3.8, 4) is 0 Å². The zero-order valence-corrected chi connectivity index (χ0v) is 11.2. The number of aryl methyl sites for hydroxylation is 1. The first kappa shape index (κ1) is 13.0. The zero-order valence-electron chi connectivity index (χ0n) is 10.4. The molecule has 17 heavy (non-hydrogen) atoms. The maximum absolute atomic E-state index is 9.11. The summed E-state index contributed by atoms with van der Waals surface area (Å²) in [6, 6.07) is 0.585. The second kappa shape index (κ2) is 6.44. The Labute approximate surface area is 107 Å². The summed E-state index contributed by atoms with van der Waals surface area (Å²) in [4.78, 5) is 6.77. The van der Waals surface area contributed by atoms with Gasteiger partial charge in [0.05, 0.1) is 17.3 Å². The van der Waals surface area contributed by atoms with Crippen LogP contribution in [0, 0.1) is 6.92 Å². The molecule has 0 aromatic carbocycles. The second-order valence-electron chi connectivity index (χ2n) is 4.61. The molecule has 96 valence electrons. The number of hydrogen-bond donors (Lipinski definition) is 2. The molecule has 5 heteroatoms. The zero-order chi connectivity index (χ0) is 12.1. The lowest BCUT2D eigenvalue weighted by molar-refractivity contribution is 0.178. The van der Waals surface area contributed by atoms with Crippen LogP contribution in [0.3, 0.4) is 0 Å². The first-order valence-electron chi connectivity index (χ1n) is 6.25. The molecule has 1 aliphatic rings. The third-order valence-corrected chi connectivity index (χ3v) is 3.93. The highest BCUT2D eigenvalue weighted by Crippen LogP contribution is 2.12. The Morgan fingerprint density at radius 3 is 3.12 bits per heavy atom. The van der Waals surface area contributed by atoms with E-state index in [2.05, 4.69) is 20.6 Å². The predicted molar refractivity (Wildman–Crippen MR) is 70.2 cm³/mol. The Morgan fingerprint density at radius 1 is 1.65 bits per heavy atom. The molecule has 1 aromatic rings. The fourth-order valence-corrected chi connectivity index (χ4v) is 2.91. The van der Waals surface area contributed by atoms with Crippen molar-refractivity contribution in [1.82, 2.24) is 15.2 Å². The maximum atomic E-state index is 9.11. The summed E-state index contributed by atoms with van der Waals surface area (Å²) in [6.45, 7) is 5.97. The average Bonchev–Trinajstić information content (AvgIpc) is 2.91. The molecular weight excluding hydrogens is 234 g/mol. The van der Waals surface area contributed by atoms with E-state index in [1.165, 1.54) is 12.8 Å². The molecule has 1 unspecified atom stereocenters. The van der Waals surface area contributed by atoms with Crippen LogP contribution in [0.2, 0.25) is 0 Å². The summed E-state index contributed by atoms with van der Waals surface area (Å²) >= 11 is 1.69. The van der Waals surface area contributed by atoms with Gasteiger partial charge in [-0.1, -0.05) is 0 Å². The van der Waals surface area contributed by atoms with Gasteiger partial charge in [-0.3, -0.25) is 4.90 Å². The lowest BCUT2D eigenvalue weighted by Gasteiger charge is -2.24. The molecule has 2 heterocycles. The summed E-state index contributed by atoms with van der Waals surface area (Å²) in [7, 11) is 0. The van der Waals surface area contributed by atoms with E-state index in [0.29, 0.717) is 6.04 Å². The minimum Gasteiger partial charge on any atom is -0.395 e. The topological polar surface area (TPSA) is 48.4 Å². The SMILES string of the molecule is Cc1nc(CN(CCO)CC2CCCN2)cs1. The van der Waals surface area contributed by atoms with Gasteiger partial charge in [0.15, 0.2) is 0 Å². The Kier molecular flexibility index (Phi) is 4.91. The summed E-state index contributed by atoms with van der Waals surface area (Å²) in [6.07, 6.45) is 2.52. The van der Waals surface area contributed by atoms with Crippen LogP contribution in [-0.4, -0.2) is 47.3 Å². The van der Waals surface area contributed by atoms with Crippen LogP contribution < -0.4 is 5.32 Å². The normalized spacial score (nSPS) is 20.3. The average molecular weight is 255 g/mol. The maximum Gasteiger partial charge on any atom is 0.0897 e. The number of rotatable bonds is 6. The quantitative estimate of drug-likeness (QED) is 0.796. The van der Waals surface area contributed by atoms with Crippen molar-refractivity contribution < 1.29 is 5.11 Å². The van der Waals surface area contributed by atoms with Crippen molar-refractivity contribution in [3.05, 3.63) is 16.1 Å². The minimum absolute atomic E-state index is 0.218. The van der Waals surface area contributed by atoms with Gasteiger partial charge >= 0.3 is 0 Å². The molecule has 0 bridgehead atoms. The third kappa shape index (κ3) is 4.03. The Hall–Kier alpha value is -0.490. The van der Waals surface area contributed by atoms with Gasteiger partial charge in [-0.25, -0.2) is 4.98 Å². The van der Waals surface area contributed by atoms with E-state index < -0.39 is 0 Å². The summed E-state index contributed by atoms with van der Waals surface area (Å²) in [5.74, 6) is 0. The molecule has 0 amide bonds. The Bertz CT molecular complexity index is 336. The van der Waals surface area contributed by atoms with Crippen LogP contribution in [0.1, 0.15) is 23.5 Å². The Balaban J connectivity index is 1.87. The second-order valence-corrected chi connectivity index (χ2v) is 5.67. The summed E-state index contributed by atoms with van der Waals surface area (Å²) < 4.78 is 0. The van der Waals surface area contributed by atoms with Gasteiger partial charge in [-0.05, 0) is 26.3 Å². The van der Waals surface area contributed by atoms with Gasteiger partial charge in [0, 0.05) is 31.1 Å². The third-order valence-electron chi connectivity index (χ3n) is 3.11. The largest absolute Gasteiger partial charge is 0.395 e. The van der Waals surface area contributed by atoms with Gasteiger partial charge in [0.25, 0.3) is 0 Å². The van der Waals surface area contributed by atoms with E-state index in [1.54, 1.807) is 11.3 Å². The van der Waals surface area contributed by atoms with Crippen LogP contribution in [0.4, 0.5) is 0 Å². The van der Waals surface area contributed by atoms with Crippen molar-refractivity contribution in [3.63, 3.8) is 0 Å². The molecule has 2 N–H and O–H groups in total. The number of nitrogens with one attached hydrogen (secondary N) is 1. The van der Waals surface area contributed by atoms with Crippen molar-refractivity contribution in [1.29, 1.82) is 0 Å². The Morgan fingerprint density at radius 2 is 2.53 bits per heavy atom. The number of aliphatic hydroxyl groups is 1. The summed E-state index contributed by atoms with van der Waals surface area (Å²) in [5, 5.41) is 15.8. The molecule has 1 atom stereocenters. The van der Waals surface area contributed by atoms with Crippen molar-refractivity contribution in [2.24, 2.45) is 0 Å². The lowest BCUT2D eigenvalue weighted by atomic mass is 10.2. The molecule has 0 radical (unpaired) electrons. The van der Waals surface area contributed by atoms with E-state index >= 15 is 0 Å². The van der Waals surface area contributed by atoms with E-state index in [4.69, 9.17) is 5.11 Å². The van der Waals surface area contributed by atoms with Gasteiger partial charge in [0.1, 0.15) is 0 Å². The molecule has 2 rings (SSSR count). The van der Waals surface area contributed by atoms with Crippen LogP contribution >= 0.6 is 11.3 Å². The van der Waals surface area contributed by atoms with E-state index in [1.807, 2.05) is 6.92 Å². The van der Waals surface area contributed by atoms with Crippen LogP contribution in [0.25, 0.3) is 0 Å². The van der Waals surface area contributed by atoms with E-state index in [9.17, 15) is 0 Å². The monoisotopic (exact) mass is 255 g/mol. The standard InChI is InChI=1S/C12H21N3OS/c1-10-14-12(9-17-10)8-15(5-6-16)7-11-3-2-4-13-11/h9,11,13,16H,2-8H2,1H3. The number of aromatic nitrogens is 1. The highest BCUT2D eigenvalue weighted by atomic mass is 32.1. The van der Waals surface area contributed by atoms with Gasteiger partial charge in [0.2, 0.25) is 0 Å². The molecule has 1 saturated heterocycles.